The molecule has 1 fully saturated rings. The van der Waals surface area contributed by atoms with Crippen molar-refractivity contribution >= 4 is 5.91 Å². The molecule has 1 aromatic carbocycles. The maximum atomic E-state index is 12.4. The Kier molecular flexibility index (Phi) is 4.53. The van der Waals surface area contributed by atoms with Gasteiger partial charge in [-0.25, -0.2) is 0 Å². The predicted molar refractivity (Wildman–Crippen MR) is 90.3 cm³/mol. The van der Waals surface area contributed by atoms with Gasteiger partial charge in [-0.05, 0) is 31.4 Å². The number of hydrogen-bond acceptors (Lipinski definition) is 3. The van der Waals surface area contributed by atoms with Gasteiger partial charge in [0.05, 0.1) is 12.1 Å². The molecule has 3 rings (SSSR count). The van der Waals surface area contributed by atoms with Crippen molar-refractivity contribution in [3.8, 4) is 0 Å². The summed E-state index contributed by atoms with van der Waals surface area (Å²) in [7, 11) is 0. The van der Waals surface area contributed by atoms with Gasteiger partial charge in [0, 0.05) is 12.0 Å². The van der Waals surface area contributed by atoms with E-state index < -0.39 is 0 Å². The first-order valence-corrected chi connectivity index (χ1v) is 8.26. The van der Waals surface area contributed by atoms with Gasteiger partial charge in [-0.2, -0.15) is 0 Å². The Labute approximate surface area is 137 Å². The van der Waals surface area contributed by atoms with Crippen LogP contribution in [0.15, 0.2) is 41.0 Å². The summed E-state index contributed by atoms with van der Waals surface area (Å²) in [5.41, 5.74) is 8.73. The summed E-state index contributed by atoms with van der Waals surface area (Å²) in [6.07, 6.45) is 6.15. The monoisotopic (exact) mass is 312 g/mol. The van der Waals surface area contributed by atoms with E-state index in [9.17, 15) is 4.79 Å². The van der Waals surface area contributed by atoms with Crippen molar-refractivity contribution in [2.45, 2.75) is 44.6 Å². The Hall–Kier alpha value is -2.07. The van der Waals surface area contributed by atoms with E-state index in [1.807, 2.05) is 0 Å². The molecule has 2 aromatic rings. The van der Waals surface area contributed by atoms with Crippen LogP contribution in [0.5, 0.6) is 0 Å². The third-order valence-electron chi connectivity index (χ3n) is 4.90. The maximum Gasteiger partial charge on any atom is 0.254 e. The Morgan fingerprint density at radius 1 is 1.30 bits per heavy atom. The van der Waals surface area contributed by atoms with Gasteiger partial charge in [0.2, 0.25) is 0 Å². The van der Waals surface area contributed by atoms with E-state index in [0.717, 1.165) is 12.8 Å². The number of carbonyl (C=O) groups is 1. The van der Waals surface area contributed by atoms with Crippen LogP contribution < -0.4 is 11.1 Å². The number of aryl methyl sites for hydroxylation is 1. The lowest BCUT2D eigenvalue weighted by molar-refractivity contribution is 0.0942. The Morgan fingerprint density at radius 3 is 2.74 bits per heavy atom. The minimum absolute atomic E-state index is 0.0577. The second-order valence-electron chi connectivity index (χ2n) is 6.55. The molecule has 0 bridgehead atoms. The Bertz CT molecular complexity index is 684. The van der Waals surface area contributed by atoms with Crippen LogP contribution in [0.1, 0.15) is 52.9 Å². The summed E-state index contributed by atoms with van der Waals surface area (Å²) in [6.45, 7) is 3.09. The number of furan rings is 1. The third-order valence-corrected chi connectivity index (χ3v) is 4.90. The molecule has 4 nitrogen and oxygen atoms in total. The quantitative estimate of drug-likeness (QED) is 0.890. The van der Waals surface area contributed by atoms with Gasteiger partial charge >= 0.3 is 0 Å². The molecular weight excluding hydrogens is 288 g/mol. The first-order chi connectivity index (χ1) is 11.1. The molecule has 23 heavy (non-hydrogen) atoms. The molecule has 0 radical (unpaired) electrons. The highest BCUT2D eigenvalue weighted by molar-refractivity contribution is 5.94. The molecule has 1 aliphatic rings. The minimum atomic E-state index is -0.0904. The van der Waals surface area contributed by atoms with Crippen LogP contribution >= 0.6 is 0 Å². The fraction of sp³-hybridized carbons (Fsp3) is 0.421. The van der Waals surface area contributed by atoms with Crippen LogP contribution in [0.25, 0.3) is 0 Å². The van der Waals surface area contributed by atoms with Gasteiger partial charge in [-0.15, -0.1) is 0 Å². The van der Waals surface area contributed by atoms with Crippen molar-refractivity contribution in [1.29, 1.82) is 0 Å². The molecule has 1 heterocycles. The number of nitrogens with two attached hydrogens (primary N) is 1. The van der Waals surface area contributed by atoms with Crippen molar-refractivity contribution in [3.05, 3.63) is 59.0 Å². The van der Waals surface area contributed by atoms with Crippen LogP contribution in [-0.2, 0) is 12.0 Å². The van der Waals surface area contributed by atoms with Crippen LogP contribution in [0.3, 0.4) is 0 Å². The van der Waals surface area contributed by atoms with Crippen molar-refractivity contribution < 1.29 is 9.21 Å². The van der Waals surface area contributed by atoms with Crippen molar-refractivity contribution in [2.75, 3.05) is 6.54 Å². The van der Waals surface area contributed by atoms with E-state index >= 15 is 0 Å². The molecule has 122 valence electrons. The molecule has 0 saturated heterocycles. The van der Waals surface area contributed by atoms with Crippen LogP contribution in [0.4, 0.5) is 0 Å². The molecule has 3 N–H and O–H groups in total. The number of hydrogen-bond donors (Lipinski definition) is 2. The van der Waals surface area contributed by atoms with Crippen molar-refractivity contribution in [3.63, 3.8) is 0 Å². The van der Waals surface area contributed by atoms with E-state index in [0.29, 0.717) is 24.4 Å². The molecule has 0 atom stereocenters. The predicted octanol–water partition coefficient (Wildman–Crippen LogP) is 3.29. The summed E-state index contributed by atoms with van der Waals surface area (Å²) < 4.78 is 5.25. The third kappa shape index (κ3) is 3.32. The van der Waals surface area contributed by atoms with Gasteiger partial charge < -0.3 is 15.5 Å². The highest BCUT2D eigenvalue weighted by Gasteiger charge is 2.36. The Morgan fingerprint density at radius 2 is 2.09 bits per heavy atom. The summed E-state index contributed by atoms with van der Waals surface area (Å²) in [5.74, 6) is 0.539. The largest absolute Gasteiger partial charge is 0.467 e. The highest BCUT2D eigenvalue weighted by Crippen LogP contribution is 2.40. The molecule has 4 heteroatoms. The first-order valence-electron chi connectivity index (χ1n) is 8.26. The van der Waals surface area contributed by atoms with Gasteiger partial charge in [-0.1, -0.05) is 42.7 Å². The number of amides is 1. The van der Waals surface area contributed by atoms with E-state index in [1.54, 1.807) is 6.07 Å². The van der Waals surface area contributed by atoms with E-state index in [1.165, 1.54) is 30.2 Å². The second kappa shape index (κ2) is 6.59. The number of carbonyl (C=O) groups excluding carboxylic acids is 1. The van der Waals surface area contributed by atoms with Crippen molar-refractivity contribution in [2.24, 2.45) is 5.73 Å². The zero-order valence-corrected chi connectivity index (χ0v) is 13.6. The average molecular weight is 312 g/mol. The molecule has 1 aromatic heterocycles. The van der Waals surface area contributed by atoms with Crippen LogP contribution in [-0.4, -0.2) is 12.5 Å². The number of nitrogens with one attached hydrogen (secondary N) is 1. The van der Waals surface area contributed by atoms with Gasteiger partial charge in [0.1, 0.15) is 12.0 Å². The van der Waals surface area contributed by atoms with E-state index in [2.05, 4.69) is 36.5 Å². The smallest absolute Gasteiger partial charge is 0.254 e. The lowest BCUT2D eigenvalue weighted by Crippen LogP contribution is -2.39. The summed E-state index contributed by atoms with van der Waals surface area (Å²) in [6, 6.07) is 10.4. The van der Waals surface area contributed by atoms with E-state index in [-0.39, 0.29) is 11.3 Å². The second-order valence-corrected chi connectivity index (χ2v) is 6.55. The zero-order valence-electron chi connectivity index (χ0n) is 13.6. The fourth-order valence-corrected chi connectivity index (χ4v) is 3.55. The average Bonchev–Trinajstić information content (AvgIpc) is 3.23. The van der Waals surface area contributed by atoms with Crippen molar-refractivity contribution in [1.82, 2.24) is 5.32 Å². The van der Waals surface area contributed by atoms with E-state index in [4.69, 9.17) is 10.2 Å². The molecule has 1 amide bonds. The summed E-state index contributed by atoms with van der Waals surface area (Å²) in [4.78, 5) is 12.4. The lowest BCUT2D eigenvalue weighted by atomic mass is 9.78. The molecule has 0 spiro atoms. The van der Waals surface area contributed by atoms with Gasteiger partial charge in [-0.3, -0.25) is 4.79 Å². The van der Waals surface area contributed by atoms with Gasteiger partial charge in [0.25, 0.3) is 5.91 Å². The molecule has 1 aliphatic carbocycles. The zero-order chi connectivity index (χ0) is 16.3. The maximum absolute atomic E-state index is 12.4. The normalized spacial score (nSPS) is 16.4. The van der Waals surface area contributed by atoms with Crippen LogP contribution in [0.2, 0.25) is 0 Å². The molecule has 1 saturated carbocycles. The lowest BCUT2D eigenvalue weighted by Gasteiger charge is -2.30. The molecule has 0 unspecified atom stereocenters. The van der Waals surface area contributed by atoms with Gasteiger partial charge in [0.15, 0.2) is 0 Å². The topological polar surface area (TPSA) is 68.3 Å². The SMILES string of the molecule is Cc1cccc(C2(CNC(=O)c3coc(CN)c3)CCCC2)c1. The fourth-order valence-electron chi connectivity index (χ4n) is 3.55. The first kappa shape index (κ1) is 15.8. The minimum Gasteiger partial charge on any atom is -0.467 e. The summed E-state index contributed by atoms with van der Waals surface area (Å²) in [5, 5.41) is 3.10. The summed E-state index contributed by atoms with van der Waals surface area (Å²) >= 11 is 0. The highest BCUT2D eigenvalue weighted by atomic mass is 16.3. The number of benzene rings is 1. The number of rotatable bonds is 5. The molecular formula is C19H24N2O2. The molecule has 0 aliphatic heterocycles. The standard InChI is InChI=1S/C19H24N2O2/c1-14-5-4-6-16(9-14)19(7-2-3-8-19)13-21-18(22)15-10-17(11-20)23-12-15/h4-6,9-10,12H,2-3,7-8,11,13,20H2,1H3,(H,21,22). The van der Waals surface area contributed by atoms with Crippen LogP contribution in [0, 0.1) is 6.92 Å². The Balaban J connectivity index is 1.74.